The Morgan fingerprint density at radius 3 is 2.06 bits per heavy atom. The minimum absolute atomic E-state index is 0.0183. The first-order valence-corrected chi connectivity index (χ1v) is 11.5. The maximum Gasteiger partial charge on any atom is 0.325 e. The maximum atomic E-state index is 13.1. The summed E-state index contributed by atoms with van der Waals surface area (Å²) in [5.74, 6) is -3.77. The average molecular weight is 493 g/mol. The minimum Gasteiger partial charge on any atom is -0.480 e. The molecule has 0 saturated heterocycles. The zero-order valence-electron chi connectivity index (χ0n) is 19.9. The van der Waals surface area contributed by atoms with Crippen LogP contribution in [0.3, 0.4) is 0 Å². The van der Waals surface area contributed by atoms with Crippen molar-refractivity contribution in [3.63, 3.8) is 0 Å². The first-order chi connectivity index (χ1) is 16.5. The van der Waals surface area contributed by atoms with E-state index in [2.05, 4.69) is 16.0 Å². The summed E-state index contributed by atoms with van der Waals surface area (Å²) in [7, 11) is 0. The lowest BCUT2D eigenvalue weighted by molar-refractivity contribution is -0.141. The number of hydrogen-bond donors (Lipinski definition) is 7. The molecule has 12 nitrogen and oxygen atoms in total. The van der Waals surface area contributed by atoms with Crippen LogP contribution in [0.1, 0.15) is 44.6 Å². The topological polar surface area (TPSA) is 220 Å². The van der Waals surface area contributed by atoms with Gasteiger partial charge in [-0.25, -0.2) is 0 Å². The van der Waals surface area contributed by atoms with Crippen LogP contribution in [0.25, 0.3) is 0 Å². The number of carbonyl (C=O) groups is 5. The quantitative estimate of drug-likeness (QED) is 0.134. The number of aliphatic carboxylic acids is 1. The molecule has 194 valence electrons. The van der Waals surface area contributed by atoms with Crippen molar-refractivity contribution in [3.05, 3.63) is 35.9 Å². The Hall–Kier alpha value is -3.51. The minimum atomic E-state index is -1.22. The maximum absolute atomic E-state index is 13.1. The van der Waals surface area contributed by atoms with E-state index < -0.39 is 53.8 Å². The Bertz CT molecular complexity index is 865. The second-order valence-electron chi connectivity index (χ2n) is 8.28. The first-order valence-electron chi connectivity index (χ1n) is 11.5. The average Bonchev–Trinajstić information content (AvgIpc) is 2.81. The monoisotopic (exact) mass is 492 g/mol. The molecule has 0 aliphatic rings. The largest absolute Gasteiger partial charge is 0.480 e. The number of nitrogens with one attached hydrogen (secondary N) is 3. The van der Waals surface area contributed by atoms with Crippen molar-refractivity contribution < 1.29 is 29.1 Å². The fraction of sp³-hybridized carbons (Fsp3) is 0.522. The van der Waals surface area contributed by atoms with Crippen molar-refractivity contribution in [1.29, 1.82) is 0 Å². The SMILES string of the molecule is CC(NC(=O)C(Cc1ccccc1)NC(=O)C(CCCCN)NC(=O)C(N)CCC(N)=O)C(=O)O. The molecule has 10 N–H and O–H groups in total. The van der Waals surface area contributed by atoms with Crippen LogP contribution < -0.4 is 33.2 Å². The zero-order chi connectivity index (χ0) is 26.4. The highest BCUT2D eigenvalue weighted by Crippen LogP contribution is 2.07. The molecule has 1 rings (SSSR count). The highest BCUT2D eigenvalue weighted by Gasteiger charge is 2.29. The highest BCUT2D eigenvalue weighted by molar-refractivity contribution is 5.94. The number of amides is 4. The van der Waals surface area contributed by atoms with E-state index in [9.17, 15) is 24.0 Å². The molecule has 1 aromatic rings. The summed E-state index contributed by atoms with van der Waals surface area (Å²) in [5, 5.41) is 16.7. The molecule has 35 heavy (non-hydrogen) atoms. The zero-order valence-corrected chi connectivity index (χ0v) is 19.9. The summed E-state index contributed by atoms with van der Waals surface area (Å²) in [6, 6.07) is 4.56. The fourth-order valence-corrected chi connectivity index (χ4v) is 3.18. The van der Waals surface area contributed by atoms with Gasteiger partial charge in [0.25, 0.3) is 0 Å². The summed E-state index contributed by atoms with van der Waals surface area (Å²) in [6.07, 6.45) is 1.41. The molecule has 0 aliphatic heterocycles. The Kier molecular flexibility index (Phi) is 13.0. The van der Waals surface area contributed by atoms with Gasteiger partial charge in [0.15, 0.2) is 0 Å². The molecule has 0 bridgehead atoms. The molecule has 4 amide bonds. The number of primary amides is 1. The van der Waals surface area contributed by atoms with Crippen LogP contribution >= 0.6 is 0 Å². The number of carboxylic acid groups (broad SMARTS) is 1. The number of rotatable bonds is 16. The molecule has 0 spiro atoms. The Labute approximate surface area is 204 Å². The van der Waals surface area contributed by atoms with Crippen LogP contribution in [0, 0.1) is 0 Å². The van der Waals surface area contributed by atoms with Gasteiger partial charge in [0.1, 0.15) is 18.1 Å². The molecule has 0 heterocycles. The third-order valence-electron chi connectivity index (χ3n) is 5.26. The molecular formula is C23H36N6O6. The second kappa shape index (κ2) is 15.4. The third-order valence-corrected chi connectivity index (χ3v) is 5.26. The molecule has 1 aromatic carbocycles. The number of hydrogen-bond acceptors (Lipinski definition) is 7. The van der Waals surface area contributed by atoms with Gasteiger partial charge in [-0.15, -0.1) is 0 Å². The molecule has 0 saturated carbocycles. The van der Waals surface area contributed by atoms with Crippen LogP contribution in [0.5, 0.6) is 0 Å². The number of unbranched alkanes of at least 4 members (excludes halogenated alkanes) is 1. The van der Waals surface area contributed by atoms with Crippen molar-refractivity contribution in [2.45, 2.75) is 69.6 Å². The smallest absolute Gasteiger partial charge is 0.325 e. The van der Waals surface area contributed by atoms with E-state index in [1.807, 2.05) is 0 Å². The number of carbonyl (C=O) groups excluding carboxylic acids is 4. The van der Waals surface area contributed by atoms with E-state index in [0.717, 1.165) is 5.56 Å². The molecule has 12 heteroatoms. The lowest BCUT2D eigenvalue weighted by atomic mass is 10.0. The lowest BCUT2D eigenvalue weighted by Gasteiger charge is -2.25. The summed E-state index contributed by atoms with van der Waals surface area (Å²) in [6.45, 7) is 1.71. The van der Waals surface area contributed by atoms with E-state index in [1.54, 1.807) is 30.3 Å². The van der Waals surface area contributed by atoms with Crippen molar-refractivity contribution >= 4 is 29.6 Å². The Balaban J connectivity index is 3.01. The Morgan fingerprint density at radius 1 is 0.886 bits per heavy atom. The van der Waals surface area contributed by atoms with Crippen molar-refractivity contribution in [3.8, 4) is 0 Å². The van der Waals surface area contributed by atoms with Crippen LogP contribution in [0.15, 0.2) is 30.3 Å². The molecule has 0 aliphatic carbocycles. The summed E-state index contributed by atoms with van der Waals surface area (Å²) in [5.41, 5.74) is 17.2. The summed E-state index contributed by atoms with van der Waals surface area (Å²) in [4.78, 5) is 60.6. The van der Waals surface area contributed by atoms with Crippen LogP contribution in [-0.4, -0.2) is 65.4 Å². The normalized spacial score (nSPS) is 14.1. The third kappa shape index (κ3) is 11.5. The second-order valence-corrected chi connectivity index (χ2v) is 8.28. The van der Waals surface area contributed by atoms with Crippen molar-refractivity contribution in [1.82, 2.24) is 16.0 Å². The van der Waals surface area contributed by atoms with E-state index in [1.165, 1.54) is 6.92 Å². The first kappa shape index (κ1) is 29.5. The number of nitrogens with two attached hydrogens (primary N) is 3. The predicted molar refractivity (Wildman–Crippen MR) is 129 cm³/mol. The van der Waals surface area contributed by atoms with Gasteiger partial charge in [0, 0.05) is 12.8 Å². The number of carboxylic acids is 1. The molecule has 4 atom stereocenters. The van der Waals surface area contributed by atoms with Gasteiger partial charge in [-0.05, 0) is 44.7 Å². The van der Waals surface area contributed by atoms with E-state index in [4.69, 9.17) is 22.3 Å². The standard InChI is InChI=1S/C23H36N6O6/c1-14(23(34)35)27-22(33)18(13-15-7-3-2-4-8-15)29-21(32)17(9-5-6-12-24)28-20(31)16(25)10-11-19(26)30/h2-4,7-8,14,16-18H,5-6,9-13,24-25H2,1H3,(H2,26,30)(H,27,33)(H,28,31)(H,29,32)(H,34,35). The van der Waals surface area contributed by atoms with Crippen molar-refractivity contribution in [2.24, 2.45) is 17.2 Å². The molecular weight excluding hydrogens is 456 g/mol. The van der Waals surface area contributed by atoms with Crippen LogP contribution in [0.4, 0.5) is 0 Å². The van der Waals surface area contributed by atoms with E-state index in [-0.39, 0.29) is 25.7 Å². The molecule has 4 unspecified atom stereocenters. The summed E-state index contributed by atoms with van der Waals surface area (Å²) >= 11 is 0. The molecule has 0 fully saturated rings. The van der Waals surface area contributed by atoms with Gasteiger partial charge in [-0.3, -0.25) is 24.0 Å². The van der Waals surface area contributed by atoms with E-state index in [0.29, 0.717) is 19.4 Å². The van der Waals surface area contributed by atoms with Crippen LogP contribution in [-0.2, 0) is 30.4 Å². The van der Waals surface area contributed by atoms with Gasteiger partial charge >= 0.3 is 5.97 Å². The van der Waals surface area contributed by atoms with Gasteiger partial charge in [0.05, 0.1) is 6.04 Å². The fourth-order valence-electron chi connectivity index (χ4n) is 3.18. The summed E-state index contributed by atoms with van der Waals surface area (Å²) < 4.78 is 0. The highest BCUT2D eigenvalue weighted by atomic mass is 16.4. The van der Waals surface area contributed by atoms with Gasteiger partial charge in [0.2, 0.25) is 23.6 Å². The van der Waals surface area contributed by atoms with Gasteiger partial charge in [-0.2, -0.15) is 0 Å². The molecule has 0 aromatic heterocycles. The number of benzene rings is 1. The predicted octanol–water partition coefficient (Wildman–Crippen LogP) is -1.49. The van der Waals surface area contributed by atoms with E-state index >= 15 is 0 Å². The Morgan fingerprint density at radius 2 is 1.49 bits per heavy atom. The van der Waals surface area contributed by atoms with Crippen LogP contribution in [0.2, 0.25) is 0 Å². The lowest BCUT2D eigenvalue weighted by Crippen LogP contribution is -2.57. The van der Waals surface area contributed by atoms with Gasteiger partial charge < -0.3 is 38.3 Å². The van der Waals surface area contributed by atoms with Crippen molar-refractivity contribution in [2.75, 3.05) is 6.54 Å². The molecule has 0 radical (unpaired) electrons. The van der Waals surface area contributed by atoms with Gasteiger partial charge in [-0.1, -0.05) is 30.3 Å².